The number of esters is 1. The van der Waals surface area contributed by atoms with Crippen molar-refractivity contribution in [2.75, 3.05) is 19.7 Å². The van der Waals surface area contributed by atoms with Crippen LogP contribution in [0.25, 0.3) is 0 Å². The summed E-state index contributed by atoms with van der Waals surface area (Å²) in [6.45, 7) is 3.54. The fourth-order valence-electron chi connectivity index (χ4n) is 2.22. The molecule has 20 heavy (non-hydrogen) atoms. The van der Waals surface area contributed by atoms with Crippen molar-refractivity contribution in [1.29, 1.82) is 0 Å². The number of amides is 1. The molecule has 1 aromatic heterocycles. The lowest BCUT2D eigenvalue weighted by atomic mass is 10.1. The first kappa shape index (κ1) is 14.5. The molecule has 0 spiro atoms. The minimum atomic E-state index is -0.195. The van der Waals surface area contributed by atoms with E-state index in [2.05, 4.69) is 11.9 Å². The van der Waals surface area contributed by atoms with E-state index < -0.39 is 0 Å². The fraction of sp³-hybridized carbons (Fsp3) is 0.533. The first-order chi connectivity index (χ1) is 9.72. The topological polar surface area (TPSA) is 59.5 Å². The minimum Gasteiger partial charge on any atom is -0.465 e. The predicted octanol–water partition coefficient (Wildman–Crippen LogP) is 1.89. The second kappa shape index (κ2) is 7.03. The molecule has 0 saturated carbocycles. The highest BCUT2D eigenvalue weighted by Gasteiger charge is 2.32. The summed E-state index contributed by atoms with van der Waals surface area (Å²) in [5, 5.41) is 0. The molecular formula is C15H20N2O3. The van der Waals surface area contributed by atoms with E-state index in [9.17, 15) is 9.59 Å². The van der Waals surface area contributed by atoms with Gasteiger partial charge in [0.05, 0.1) is 12.5 Å². The number of hydrogen-bond donors (Lipinski definition) is 0. The van der Waals surface area contributed by atoms with Crippen molar-refractivity contribution in [3.05, 3.63) is 30.1 Å². The van der Waals surface area contributed by atoms with Gasteiger partial charge in [-0.1, -0.05) is 19.4 Å². The lowest BCUT2D eigenvalue weighted by Crippen LogP contribution is -2.31. The van der Waals surface area contributed by atoms with Gasteiger partial charge in [0, 0.05) is 19.3 Å². The summed E-state index contributed by atoms with van der Waals surface area (Å²) in [5.74, 6) is -0.497. The van der Waals surface area contributed by atoms with Crippen molar-refractivity contribution in [3.63, 3.8) is 0 Å². The standard InChI is InChI=1S/C15H20N2O3/c1-2-3-10-20-15(19)12-7-9-17(11-12)14(18)13-6-4-5-8-16-13/h4-6,8,12H,2-3,7,9-11H2,1H3. The fourth-order valence-corrected chi connectivity index (χ4v) is 2.22. The molecule has 0 aliphatic carbocycles. The Kier molecular flexibility index (Phi) is 5.09. The smallest absolute Gasteiger partial charge is 0.310 e. The number of rotatable bonds is 5. The molecule has 1 amide bonds. The quantitative estimate of drug-likeness (QED) is 0.608. The van der Waals surface area contributed by atoms with E-state index in [-0.39, 0.29) is 17.8 Å². The van der Waals surface area contributed by atoms with Crippen molar-refractivity contribution in [2.24, 2.45) is 5.92 Å². The number of unbranched alkanes of at least 4 members (excludes halogenated alkanes) is 1. The Morgan fingerprint density at radius 3 is 3.00 bits per heavy atom. The van der Waals surface area contributed by atoms with Crippen LogP contribution in [0.4, 0.5) is 0 Å². The zero-order chi connectivity index (χ0) is 14.4. The molecule has 1 aliphatic heterocycles. The van der Waals surface area contributed by atoms with E-state index in [1.807, 2.05) is 0 Å². The Hall–Kier alpha value is -1.91. The molecule has 0 N–H and O–H groups in total. The summed E-state index contributed by atoms with van der Waals surface area (Å²) in [4.78, 5) is 29.8. The van der Waals surface area contributed by atoms with Crippen LogP contribution in [0.1, 0.15) is 36.7 Å². The van der Waals surface area contributed by atoms with E-state index in [0.717, 1.165) is 12.8 Å². The molecule has 5 heteroatoms. The molecule has 0 aromatic carbocycles. The van der Waals surface area contributed by atoms with Crippen molar-refractivity contribution in [1.82, 2.24) is 9.88 Å². The summed E-state index contributed by atoms with van der Waals surface area (Å²) in [5.41, 5.74) is 0.424. The van der Waals surface area contributed by atoms with Crippen molar-refractivity contribution >= 4 is 11.9 Å². The Morgan fingerprint density at radius 2 is 2.30 bits per heavy atom. The zero-order valence-corrected chi connectivity index (χ0v) is 11.7. The van der Waals surface area contributed by atoms with Crippen LogP contribution in [0.15, 0.2) is 24.4 Å². The van der Waals surface area contributed by atoms with Gasteiger partial charge in [0.25, 0.3) is 5.91 Å². The number of carbonyl (C=O) groups excluding carboxylic acids is 2. The highest BCUT2D eigenvalue weighted by atomic mass is 16.5. The van der Waals surface area contributed by atoms with Crippen LogP contribution >= 0.6 is 0 Å². The highest BCUT2D eigenvalue weighted by Crippen LogP contribution is 2.19. The average molecular weight is 276 g/mol. The molecule has 0 radical (unpaired) electrons. The summed E-state index contributed by atoms with van der Waals surface area (Å²) in [6.07, 6.45) is 4.15. The van der Waals surface area contributed by atoms with Gasteiger partial charge in [0.1, 0.15) is 5.69 Å². The van der Waals surface area contributed by atoms with Gasteiger partial charge in [-0.25, -0.2) is 0 Å². The average Bonchev–Trinajstić information content (AvgIpc) is 2.97. The largest absolute Gasteiger partial charge is 0.465 e. The third kappa shape index (κ3) is 3.56. The predicted molar refractivity (Wildman–Crippen MR) is 74.1 cm³/mol. The van der Waals surface area contributed by atoms with E-state index in [1.165, 1.54) is 0 Å². The van der Waals surface area contributed by atoms with Gasteiger partial charge in [-0.3, -0.25) is 14.6 Å². The number of pyridine rings is 1. The Morgan fingerprint density at radius 1 is 1.45 bits per heavy atom. The van der Waals surface area contributed by atoms with Crippen LogP contribution in [0.5, 0.6) is 0 Å². The molecule has 1 fully saturated rings. The number of nitrogens with zero attached hydrogens (tertiary/aromatic N) is 2. The van der Waals surface area contributed by atoms with E-state index >= 15 is 0 Å². The third-order valence-electron chi connectivity index (χ3n) is 3.44. The zero-order valence-electron chi connectivity index (χ0n) is 11.7. The van der Waals surface area contributed by atoms with Gasteiger partial charge in [-0.15, -0.1) is 0 Å². The molecule has 2 rings (SSSR count). The number of likely N-dealkylation sites (tertiary alicyclic amines) is 1. The summed E-state index contributed by atoms with van der Waals surface area (Å²) in [6, 6.07) is 5.25. The molecular weight excluding hydrogens is 256 g/mol. The van der Waals surface area contributed by atoms with Gasteiger partial charge in [0.15, 0.2) is 0 Å². The lowest BCUT2D eigenvalue weighted by Gasteiger charge is -2.15. The maximum atomic E-state index is 12.2. The van der Waals surface area contributed by atoms with Crippen LogP contribution in [0.3, 0.4) is 0 Å². The second-order valence-corrected chi connectivity index (χ2v) is 4.97. The molecule has 1 unspecified atom stereocenters. The molecule has 5 nitrogen and oxygen atoms in total. The van der Waals surface area contributed by atoms with Crippen LogP contribution < -0.4 is 0 Å². The van der Waals surface area contributed by atoms with E-state index in [4.69, 9.17) is 4.74 Å². The molecule has 1 aromatic rings. The summed E-state index contributed by atoms with van der Waals surface area (Å²) >= 11 is 0. The molecule has 0 bridgehead atoms. The number of ether oxygens (including phenoxy) is 1. The van der Waals surface area contributed by atoms with Gasteiger partial charge in [0.2, 0.25) is 0 Å². The molecule has 108 valence electrons. The van der Waals surface area contributed by atoms with E-state index in [0.29, 0.717) is 31.8 Å². The van der Waals surface area contributed by atoms with Crippen LogP contribution in [-0.4, -0.2) is 41.5 Å². The molecule has 1 aliphatic rings. The second-order valence-electron chi connectivity index (χ2n) is 4.97. The van der Waals surface area contributed by atoms with E-state index in [1.54, 1.807) is 29.3 Å². The van der Waals surface area contributed by atoms with Crippen molar-refractivity contribution < 1.29 is 14.3 Å². The van der Waals surface area contributed by atoms with Crippen LogP contribution in [-0.2, 0) is 9.53 Å². The molecule has 2 heterocycles. The number of aromatic nitrogens is 1. The van der Waals surface area contributed by atoms with Crippen LogP contribution in [0, 0.1) is 5.92 Å². The normalized spacial score (nSPS) is 18.1. The first-order valence-electron chi connectivity index (χ1n) is 7.09. The third-order valence-corrected chi connectivity index (χ3v) is 3.44. The first-order valence-corrected chi connectivity index (χ1v) is 7.09. The Labute approximate surface area is 118 Å². The van der Waals surface area contributed by atoms with Crippen molar-refractivity contribution in [2.45, 2.75) is 26.2 Å². The lowest BCUT2D eigenvalue weighted by molar-refractivity contribution is -0.148. The van der Waals surface area contributed by atoms with Crippen LogP contribution in [0.2, 0.25) is 0 Å². The van der Waals surface area contributed by atoms with Gasteiger partial charge >= 0.3 is 5.97 Å². The monoisotopic (exact) mass is 276 g/mol. The molecule has 1 atom stereocenters. The van der Waals surface area contributed by atoms with Gasteiger partial charge in [-0.2, -0.15) is 0 Å². The van der Waals surface area contributed by atoms with Gasteiger partial charge in [-0.05, 0) is 25.0 Å². The summed E-state index contributed by atoms with van der Waals surface area (Å²) < 4.78 is 5.21. The SMILES string of the molecule is CCCCOC(=O)C1CCN(C(=O)c2ccccn2)C1. The minimum absolute atomic E-state index is 0.116. The maximum Gasteiger partial charge on any atom is 0.310 e. The highest BCUT2D eigenvalue weighted by molar-refractivity contribution is 5.92. The summed E-state index contributed by atoms with van der Waals surface area (Å²) in [7, 11) is 0. The maximum absolute atomic E-state index is 12.2. The van der Waals surface area contributed by atoms with Gasteiger partial charge < -0.3 is 9.64 Å². The Bertz CT molecular complexity index is 461. The van der Waals surface area contributed by atoms with Crippen molar-refractivity contribution in [3.8, 4) is 0 Å². The Balaban J connectivity index is 1.86. The molecule has 1 saturated heterocycles. The number of hydrogen-bond acceptors (Lipinski definition) is 4. The number of carbonyl (C=O) groups is 2.